The lowest BCUT2D eigenvalue weighted by Gasteiger charge is -2.23. The van der Waals surface area contributed by atoms with Crippen LogP contribution in [0.25, 0.3) is 0 Å². The predicted octanol–water partition coefficient (Wildman–Crippen LogP) is 3.61. The van der Waals surface area contributed by atoms with E-state index < -0.39 is 27.7 Å². The van der Waals surface area contributed by atoms with Crippen LogP contribution in [0.1, 0.15) is 18.4 Å². The zero-order chi connectivity index (χ0) is 23.5. The molecule has 2 N–H and O–H groups in total. The van der Waals surface area contributed by atoms with Gasteiger partial charge >= 0.3 is 6.18 Å². The molecule has 1 aliphatic rings. The van der Waals surface area contributed by atoms with E-state index in [0.717, 1.165) is 42.4 Å². The molecule has 0 aliphatic carbocycles. The Morgan fingerprint density at radius 1 is 1.06 bits per heavy atom. The van der Waals surface area contributed by atoms with Crippen molar-refractivity contribution >= 4 is 33.0 Å². The van der Waals surface area contributed by atoms with Gasteiger partial charge in [-0.25, -0.2) is 12.7 Å². The molecule has 3 rings (SSSR count). The highest BCUT2D eigenvalue weighted by Gasteiger charge is 2.31. The van der Waals surface area contributed by atoms with E-state index in [-0.39, 0.29) is 17.1 Å². The lowest BCUT2D eigenvalue weighted by molar-refractivity contribution is -0.137. The van der Waals surface area contributed by atoms with Crippen molar-refractivity contribution in [2.75, 3.05) is 49.3 Å². The van der Waals surface area contributed by atoms with Crippen LogP contribution in [0.3, 0.4) is 0 Å². The van der Waals surface area contributed by atoms with E-state index in [1.165, 1.54) is 44.4 Å². The maximum absolute atomic E-state index is 13.2. The van der Waals surface area contributed by atoms with Crippen molar-refractivity contribution in [3.05, 3.63) is 48.0 Å². The number of sulfonamides is 1. The van der Waals surface area contributed by atoms with Crippen molar-refractivity contribution in [3.63, 3.8) is 0 Å². The summed E-state index contributed by atoms with van der Waals surface area (Å²) in [5.74, 6) is -0.474. The van der Waals surface area contributed by atoms with Crippen LogP contribution in [0.15, 0.2) is 47.4 Å². The molecule has 0 aromatic heterocycles. The van der Waals surface area contributed by atoms with Gasteiger partial charge in [0.2, 0.25) is 15.9 Å². The van der Waals surface area contributed by atoms with E-state index >= 15 is 0 Å². The Bertz CT molecular complexity index is 1060. The van der Waals surface area contributed by atoms with Gasteiger partial charge in [0.15, 0.2) is 0 Å². The van der Waals surface area contributed by atoms with Crippen molar-refractivity contribution < 1.29 is 26.4 Å². The highest BCUT2D eigenvalue weighted by atomic mass is 32.2. The van der Waals surface area contributed by atoms with Gasteiger partial charge in [-0.3, -0.25) is 4.79 Å². The molecule has 7 nitrogen and oxygen atoms in total. The van der Waals surface area contributed by atoms with Crippen LogP contribution in [0.2, 0.25) is 0 Å². The van der Waals surface area contributed by atoms with Crippen LogP contribution in [0.5, 0.6) is 0 Å². The summed E-state index contributed by atoms with van der Waals surface area (Å²) < 4.78 is 64.8. The standard InChI is InChI=1S/C21H25F3N4O3S/c1-27(2)32(30,31)17-8-6-16(7-9-17)26-20(29)14-25-18-13-15(21(22,23)24)5-10-19(18)28-11-3-4-12-28/h5-10,13,25H,3-4,11-12,14H2,1-2H3,(H,26,29). The van der Waals surface area contributed by atoms with E-state index in [2.05, 4.69) is 10.6 Å². The van der Waals surface area contributed by atoms with Gasteiger partial charge in [-0.2, -0.15) is 13.2 Å². The molecule has 0 atom stereocenters. The number of carbonyl (C=O) groups is 1. The van der Waals surface area contributed by atoms with Gasteiger partial charge in [0, 0.05) is 32.9 Å². The molecule has 0 unspecified atom stereocenters. The van der Waals surface area contributed by atoms with Crippen molar-refractivity contribution in [3.8, 4) is 0 Å². The Morgan fingerprint density at radius 2 is 1.69 bits per heavy atom. The quantitative estimate of drug-likeness (QED) is 0.646. The molecule has 2 aromatic rings. The highest BCUT2D eigenvalue weighted by molar-refractivity contribution is 7.89. The fourth-order valence-electron chi connectivity index (χ4n) is 3.39. The largest absolute Gasteiger partial charge is 0.416 e. The van der Waals surface area contributed by atoms with Crippen LogP contribution in [-0.4, -0.2) is 52.4 Å². The van der Waals surface area contributed by atoms with Gasteiger partial charge < -0.3 is 15.5 Å². The first-order chi connectivity index (χ1) is 15.0. The van der Waals surface area contributed by atoms with Gasteiger partial charge in [0.25, 0.3) is 0 Å². The molecule has 0 spiro atoms. The molecule has 174 valence electrons. The number of hydrogen-bond acceptors (Lipinski definition) is 5. The third-order valence-corrected chi connectivity index (χ3v) is 6.96. The topological polar surface area (TPSA) is 81.8 Å². The van der Waals surface area contributed by atoms with Crippen LogP contribution < -0.4 is 15.5 Å². The smallest absolute Gasteiger partial charge is 0.374 e. The number of hydrogen-bond donors (Lipinski definition) is 2. The summed E-state index contributed by atoms with van der Waals surface area (Å²) >= 11 is 0. The summed E-state index contributed by atoms with van der Waals surface area (Å²) in [7, 11) is -0.751. The molecule has 32 heavy (non-hydrogen) atoms. The Kier molecular flexibility index (Phi) is 6.99. The SMILES string of the molecule is CN(C)S(=O)(=O)c1ccc(NC(=O)CNc2cc(C(F)(F)F)ccc2N2CCCC2)cc1. The maximum atomic E-state index is 13.2. The zero-order valence-electron chi connectivity index (χ0n) is 17.7. The predicted molar refractivity (Wildman–Crippen MR) is 117 cm³/mol. The number of rotatable bonds is 7. The van der Waals surface area contributed by atoms with E-state index in [9.17, 15) is 26.4 Å². The minimum atomic E-state index is -4.49. The minimum Gasteiger partial charge on any atom is -0.374 e. The first kappa shape index (κ1) is 23.9. The summed E-state index contributed by atoms with van der Waals surface area (Å²) in [6.07, 6.45) is -2.57. The number of anilines is 3. The lowest BCUT2D eigenvalue weighted by Crippen LogP contribution is -2.25. The number of halogens is 3. The third kappa shape index (κ3) is 5.52. The molecule has 1 heterocycles. The van der Waals surface area contributed by atoms with Crippen LogP contribution in [-0.2, 0) is 21.0 Å². The Labute approximate surface area is 185 Å². The molecule has 0 bridgehead atoms. The second kappa shape index (κ2) is 9.37. The molecule has 1 saturated heterocycles. The summed E-state index contributed by atoms with van der Waals surface area (Å²) in [4.78, 5) is 14.4. The van der Waals surface area contributed by atoms with Gasteiger partial charge in [-0.05, 0) is 55.3 Å². The Balaban J connectivity index is 1.70. The molecule has 1 fully saturated rings. The van der Waals surface area contributed by atoms with Crippen LogP contribution >= 0.6 is 0 Å². The van der Waals surface area contributed by atoms with E-state index in [1.807, 2.05) is 4.90 Å². The second-order valence-corrected chi connectivity index (χ2v) is 9.79. The molecular weight excluding hydrogens is 445 g/mol. The first-order valence-electron chi connectivity index (χ1n) is 10.0. The average molecular weight is 471 g/mol. The maximum Gasteiger partial charge on any atom is 0.416 e. The van der Waals surface area contributed by atoms with E-state index in [0.29, 0.717) is 11.4 Å². The molecule has 1 amide bonds. The molecule has 0 radical (unpaired) electrons. The molecule has 1 aliphatic heterocycles. The lowest BCUT2D eigenvalue weighted by atomic mass is 10.1. The Hall–Kier alpha value is -2.79. The van der Waals surface area contributed by atoms with Crippen molar-refractivity contribution in [2.45, 2.75) is 23.9 Å². The summed E-state index contributed by atoms with van der Waals surface area (Å²) in [6.45, 7) is 1.24. The number of nitrogens with zero attached hydrogens (tertiary/aromatic N) is 2. The minimum absolute atomic E-state index is 0.0813. The zero-order valence-corrected chi connectivity index (χ0v) is 18.6. The molecule has 0 saturated carbocycles. The summed E-state index contributed by atoms with van der Waals surface area (Å²) in [5, 5.41) is 5.43. The number of carbonyl (C=O) groups excluding carboxylic acids is 1. The van der Waals surface area contributed by atoms with Gasteiger partial charge in [0.05, 0.1) is 28.4 Å². The summed E-state index contributed by atoms with van der Waals surface area (Å²) in [6, 6.07) is 9.14. The molecular formula is C21H25F3N4O3S. The normalized spacial score (nSPS) is 14.6. The van der Waals surface area contributed by atoms with Gasteiger partial charge in [0.1, 0.15) is 0 Å². The van der Waals surface area contributed by atoms with Gasteiger partial charge in [-0.15, -0.1) is 0 Å². The third-order valence-electron chi connectivity index (χ3n) is 5.13. The number of nitrogens with one attached hydrogen (secondary N) is 2. The summed E-state index contributed by atoms with van der Waals surface area (Å²) in [5.41, 5.74) is 0.449. The fraction of sp³-hybridized carbons (Fsp3) is 0.381. The first-order valence-corrected chi connectivity index (χ1v) is 11.4. The molecule has 11 heteroatoms. The van der Waals surface area contributed by atoms with Gasteiger partial charge in [-0.1, -0.05) is 0 Å². The monoisotopic (exact) mass is 470 g/mol. The number of alkyl halides is 3. The second-order valence-electron chi connectivity index (χ2n) is 7.64. The van der Waals surface area contributed by atoms with E-state index in [1.54, 1.807) is 0 Å². The van der Waals surface area contributed by atoms with Crippen LogP contribution in [0.4, 0.5) is 30.2 Å². The number of amides is 1. The fourth-order valence-corrected chi connectivity index (χ4v) is 4.29. The van der Waals surface area contributed by atoms with E-state index in [4.69, 9.17) is 0 Å². The average Bonchev–Trinajstić information content (AvgIpc) is 3.26. The molecule has 2 aromatic carbocycles. The van der Waals surface area contributed by atoms with Crippen molar-refractivity contribution in [1.82, 2.24) is 4.31 Å². The van der Waals surface area contributed by atoms with Crippen molar-refractivity contribution in [2.24, 2.45) is 0 Å². The highest BCUT2D eigenvalue weighted by Crippen LogP contribution is 2.36. The van der Waals surface area contributed by atoms with Crippen LogP contribution in [0, 0.1) is 0 Å². The van der Waals surface area contributed by atoms with Crippen molar-refractivity contribution in [1.29, 1.82) is 0 Å². The number of benzene rings is 2. The Morgan fingerprint density at radius 3 is 2.25 bits per heavy atom.